The molecule has 3 heteroatoms. The molecule has 2 fully saturated rings. The van der Waals surface area contributed by atoms with E-state index in [4.69, 9.17) is 0 Å². The zero-order valence-electron chi connectivity index (χ0n) is 7.25. The van der Waals surface area contributed by atoms with Gasteiger partial charge in [-0.3, -0.25) is 4.79 Å². The van der Waals surface area contributed by atoms with Crippen molar-refractivity contribution in [3.8, 4) is 0 Å². The molecule has 2 aliphatic rings. The van der Waals surface area contributed by atoms with E-state index in [1.54, 1.807) is 0 Å². The Hall–Kier alpha value is -0.570. The van der Waals surface area contributed by atoms with E-state index in [2.05, 4.69) is 4.74 Å². The molecule has 2 unspecified atom stereocenters. The second kappa shape index (κ2) is 2.46. The van der Waals surface area contributed by atoms with E-state index in [9.17, 15) is 9.90 Å². The molecule has 0 radical (unpaired) electrons. The van der Waals surface area contributed by atoms with Gasteiger partial charge in [0.25, 0.3) is 0 Å². The Balaban J connectivity index is 1.95. The predicted octanol–water partition coefficient (Wildman–Crippen LogP) is 0.710. The van der Waals surface area contributed by atoms with Gasteiger partial charge in [0.15, 0.2) is 0 Å². The first-order chi connectivity index (χ1) is 5.69. The van der Waals surface area contributed by atoms with Gasteiger partial charge >= 0.3 is 5.97 Å². The van der Waals surface area contributed by atoms with Gasteiger partial charge < -0.3 is 9.84 Å². The number of esters is 1. The van der Waals surface area contributed by atoms with Crippen molar-refractivity contribution in [2.24, 2.45) is 11.3 Å². The number of ether oxygens (including phenoxy) is 1. The molecule has 0 aromatic heterocycles. The van der Waals surface area contributed by atoms with Crippen molar-refractivity contribution in [1.82, 2.24) is 0 Å². The lowest BCUT2D eigenvalue weighted by Gasteiger charge is -2.56. The summed E-state index contributed by atoms with van der Waals surface area (Å²) < 4.78 is 4.59. The van der Waals surface area contributed by atoms with Crippen molar-refractivity contribution in [3.63, 3.8) is 0 Å². The molecule has 0 saturated heterocycles. The third-order valence-electron chi connectivity index (χ3n) is 3.49. The highest BCUT2D eigenvalue weighted by Gasteiger charge is 2.59. The van der Waals surface area contributed by atoms with Crippen LogP contribution in [0.15, 0.2) is 0 Å². The van der Waals surface area contributed by atoms with Crippen LogP contribution in [0.25, 0.3) is 0 Å². The monoisotopic (exact) mass is 170 g/mol. The average molecular weight is 170 g/mol. The fourth-order valence-corrected chi connectivity index (χ4v) is 2.43. The Labute approximate surface area is 71.7 Å². The van der Waals surface area contributed by atoms with Crippen LogP contribution in [-0.2, 0) is 9.53 Å². The number of aliphatic hydroxyl groups excluding tert-OH is 1. The number of carbonyl (C=O) groups is 1. The predicted molar refractivity (Wildman–Crippen MR) is 42.4 cm³/mol. The topological polar surface area (TPSA) is 46.5 Å². The van der Waals surface area contributed by atoms with Gasteiger partial charge in [0.2, 0.25) is 0 Å². The van der Waals surface area contributed by atoms with Crippen LogP contribution in [0, 0.1) is 11.3 Å². The second-order valence-electron chi connectivity index (χ2n) is 3.99. The van der Waals surface area contributed by atoms with E-state index in [0.29, 0.717) is 0 Å². The number of hydrogen-bond acceptors (Lipinski definition) is 3. The second-order valence-corrected chi connectivity index (χ2v) is 3.99. The average Bonchev–Trinajstić information content (AvgIpc) is 1.99. The lowest BCUT2D eigenvalue weighted by Crippen LogP contribution is -2.59. The van der Waals surface area contributed by atoms with Gasteiger partial charge in [-0.25, -0.2) is 0 Å². The Morgan fingerprint density at radius 3 is 2.58 bits per heavy atom. The number of aliphatic hydroxyl groups is 1. The van der Waals surface area contributed by atoms with E-state index in [0.717, 1.165) is 19.3 Å². The molecule has 2 saturated carbocycles. The summed E-state index contributed by atoms with van der Waals surface area (Å²) in [4.78, 5) is 11.1. The molecule has 0 aromatic rings. The molecule has 1 spiro atoms. The molecule has 0 amide bonds. The molecule has 3 nitrogen and oxygen atoms in total. The molecule has 0 aliphatic heterocycles. The SMILES string of the molecule is COC(=O)C1CC2(CCC2)C1O. The van der Waals surface area contributed by atoms with Crippen molar-refractivity contribution >= 4 is 5.97 Å². The Bertz CT molecular complexity index is 208. The Morgan fingerprint density at radius 2 is 2.25 bits per heavy atom. The summed E-state index contributed by atoms with van der Waals surface area (Å²) in [5.74, 6) is -0.490. The van der Waals surface area contributed by atoms with Crippen LogP contribution in [0.5, 0.6) is 0 Å². The lowest BCUT2D eigenvalue weighted by molar-refractivity contribution is -0.192. The first kappa shape index (κ1) is 8.05. The largest absolute Gasteiger partial charge is 0.469 e. The molecule has 12 heavy (non-hydrogen) atoms. The molecule has 68 valence electrons. The van der Waals surface area contributed by atoms with Crippen LogP contribution in [0.1, 0.15) is 25.7 Å². The summed E-state index contributed by atoms with van der Waals surface area (Å²) in [6.07, 6.45) is 3.77. The molecule has 2 rings (SSSR count). The van der Waals surface area contributed by atoms with Gasteiger partial charge in [-0.15, -0.1) is 0 Å². The van der Waals surface area contributed by atoms with Crippen molar-refractivity contribution in [2.45, 2.75) is 31.8 Å². The summed E-state index contributed by atoms with van der Waals surface area (Å²) in [6, 6.07) is 0. The van der Waals surface area contributed by atoms with E-state index in [-0.39, 0.29) is 17.3 Å². The Kier molecular flexibility index (Phi) is 1.65. The van der Waals surface area contributed by atoms with E-state index in [1.165, 1.54) is 13.5 Å². The first-order valence-corrected chi connectivity index (χ1v) is 4.45. The Morgan fingerprint density at radius 1 is 1.58 bits per heavy atom. The molecule has 2 atom stereocenters. The van der Waals surface area contributed by atoms with Crippen LogP contribution in [0.3, 0.4) is 0 Å². The van der Waals surface area contributed by atoms with Gasteiger partial charge in [0.1, 0.15) is 0 Å². The summed E-state index contributed by atoms with van der Waals surface area (Å²) in [5.41, 5.74) is 0.110. The van der Waals surface area contributed by atoms with Gasteiger partial charge in [-0.05, 0) is 24.7 Å². The van der Waals surface area contributed by atoms with Crippen LogP contribution >= 0.6 is 0 Å². The van der Waals surface area contributed by atoms with Crippen molar-refractivity contribution in [3.05, 3.63) is 0 Å². The summed E-state index contributed by atoms with van der Waals surface area (Å²) in [6.45, 7) is 0. The summed E-state index contributed by atoms with van der Waals surface area (Å²) in [7, 11) is 1.38. The maximum Gasteiger partial charge on any atom is 0.311 e. The minimum absolute atomic E-state index is 0.110. The molecular weight excluding hydrogens is 156 g/mol. The quantitative estimate of drug-likeness (QED) is 0.589. The number of hydrogen-bond donors (Lipinski definition) is 1. The maximum atomic E-state index is 11.1. The minimum Gasteiger partial charge on any atom is -0.469 e. The fraction of sp³-hybridized carbons (Fsp3) is 0.889. The van der Waals surface area contributed by atoms with E-state index >= 15 is 0 Å². The summed E-state index contributed by atoms with van der Waals surface area (Å²) >= 11 is 0. The molecule has 0 bridgehead atoms. The highest BCUT2D eigenvalue weighted by Crippen LogP contribution is 2.58. The molecular formula is C9H14O3. The number of rotatable bonds is 1. The number of methoxy groups -OCH3 is 1. The van der Waals surface area contributed by atoms with Crippen molar-refractivity contribution < 1.29 is 14.6 Å². The van der Waals surface area contributed by atoms with Gasteiger partial charge in [0, 0.05) is 0 Å². The lowest BCUT2D eigenvalue weighted by atomic mass is 9.50. The van der Waals surface area contributed by atoms with Crippen molar-refractivity contribution in [1.29, 1.82) is 0 Å². The molecule has 0 heterocycles. The minimum atomic E-state index is -0.432. The zero-order chi connectivity index (χ0) is 8.77. The van der Waals surface area contributed by atoms with E-state index < -0.39 is 6.10 Å². The molecule has 0 aromatic carbocycles. The van der Waals surface area contributed by atoms with Crippen LogP contribution in [-0.4, -0.2) is 24.3 Å². The third-order valence-corrected chi connectivity index (χ3v) is 3.49. The van der Waals surface area contributed by atoms with Crippen LogP contribution < -0.4 is 0 Å². The van der Waals surface area contributed by atoms with Crippen LogP contribution in [0.2, 0.25) is 0 Å². The normalized spacial score (nSPS) is 36.8. The van der Waals surface area contributed by atoms with E-state index in [1.807, 2.05) is 0 Å². The standard InChI is InChI=1S/C9H14O3/c1-12-8(11)6-5-9(7(6)10)3-2-4-9/h6-7,10H,2-5H2,1H3. The van der Waals surface area contributed by atoms with Gasteiger partial charge in [-0.2, -0.15) is 0 Å². The molecule has 1 N–H and O–H groups in total. The number of carbonyl (C=O) groups excluding carboxylic acids is 1. The fourth-order valence-electron chi connectivity index (χ4n) is 2.43. The first-order valence-electron chi connectivity index (χ1n) is 4.45. The summed E-state index contributed by atoms with van der Waals surface area (Å²) in [5, 5.41) is 9.68. The smallest absolute Gasteiger partial charge is 0.311 e. The van der Waals surface area contributed by atoms with Gasteiger partial charge in [0.05, 0.1) is 19.1 Å². The third kappa shape index (κ3) is 0.829. The highest BCUT2D eigenvalue weighted by molar-refractivity contribution is 5.74. The van der Waals surface area contributed by atoms with Crippen LogP contribution in [0.4, 0.5) is 0 Å². The highest BCUT2D eigenvalue weighted by atomic mass is 16.5. The zero-order valence-corrected chi connectivity index (χ0v) is 7.25. The van der Waals surface area contributed by atoms with Crippen molar-refractivity contribution in [2.75, 3.05) is 7.11 Å². The molecule has 2 aliphatic carbocycles. The maximum absolute atomic E-state index is 11.1. The van der Waals surface area contributed by atoms with Gasteiger partial charge in [-0.1, -0.05) is 6.42 Å².